The second kappa shape index (κ2) is 8.11. The first-order valence-electron chi connectivity index (χ1n) is 7.68. The summed E-state index contributed by atoms with van der Waals surface area (Å²) in [6.45, 7) is 7.16. The Hall–Kier alpha value is -1.87. The summed E-state index contributed by atoms with van der Waals surface area (Å²) in [7, 11) is 1.65. The molecular weight excluding hydrogens is 312 g/mol. The van der Waals surface area contributed by atoms with Crippen LogP contribution in [0.1, 0.15) is 23.1 Å². The van der Waals surface area contributed by atoms with Crippen molar-refractivity contribution in [1.29, 1.82) is 0 Å². The van der Waals surface area contributed by atoms with Crippen molar-refractivity contribution < 1.29 is 14.2 Å². The fraction of sp³-hybridized carbons (Fsp3) is 0.368. The molecule has 3 nitrogen and oxygen atoms in total. The van der Waals surface area contributed by atoms with Crippen LogP contribution in [0.4, 0.5) is 0 Å². The van der Waals surface area contributed by atoms with Gasteiger partial charge in [-0.05, 0) is 61.7 Å². The van der Waals surface area contributed by atoms with Crippen LogP contribution in [0.3, 0.4) is 0 Å². The monoisotopic (exact) mass is 334 g/mol. The minimum absolute atomic E-state index is 0.574. The van der Waals surface area contributed by atoms with E-state index in [0.29, 0.717) is 13.2 Å². The first-order chi connectivity index (χ1) is 11.0. The molecule has 0 aromatic heterocycles. The topological polar surface area (TPSA) is 27.7 Å². The normalized spacial score (nSPS) is 10.5. The van der Waals surface area contributed by atoms with Crippen molar-refractivity contribution >= 4 is 11.6 Å². The molecule has 124 valence electrons. The van der Waals surface area contributed by atoms with Crippen LogP contribution in [0.25, 0.3) is 0 Å². The van der Waals surface area contributed by atoms with Gasteiger partial charge in [0.05, 0.1) is 20.3 Å². The molecule has 0 saturated carbocycles. The van der Waals surface area contributed by atoms with Crippen LogP contribution in [0.15, 0.2) is 30.3 Å². The Morgan fingerprint density at radius 3 is 2.22 bits per heavy atom. The maximum Gasteiger partial charge on any atom is 0.161 e. The zero-order chi connectivity index (χ0) is 16.8. The highest BCUT2D eigenvalue weighted by atomic mass is 35.5. The second-order valence-electron chi connectivity index (χ2n) is 5.57. The molecule has 0 radical (unpaired) electrons. The van der Waals surface area contributed by atoms with Crippen molar-refractivity contribution in [1.82, 2.24) is 0 Å². The smallest absolute Gasteiger partial charge is 0.161 e. The zero-order valence-electron chi connectivity index (χ0n) is 14.1. The molecule has 0 aliphatic carbocycles. The average Bonchev–Trinajstić information content (AvgIpc) is 2.52. The van der Waals surface area contributed by atoms with Gasteiger partial charge < -0.3 is 14.2 Å². The van der Waals surface area contributed by atoms with Crippen LogP contribution in [0, 0.1) is 20.8 Å². The number of hydrogen-bond acceptors (Lipinski definition) is 3. The number of ether oxygens (including phenoxy) is 3. The third kappa shape index (κ3) is 4.80. The number of rotatable bonds is 7. The van der Waals surface area contributed by atoms with E-state index in [9.17, 15) is 0 Å². The van der Waals surface area contributed by atoms with E-state index in [-0.39, 0.29) is 0 Å². The lowest BCUT2D eigenvalue weighted by atomic mass is 10.1. The standard InChI is InChI=1S/C19H23ClO3/c1-13-6-7-17(19(10-13)21-4)22-8-5-9-23-18-12-14(2)16(20)11-15(18)3/h6-7,10-12H,5,8-9H2,1-4H3. The summed E-state index contributed by atoms with van der Waals surface area (Å²) in [6, 6.07) is 9.81. The summed E-state index contributed by atoms with van der Waals surface area (Å²) in [4.78, 5) is 0. The van der Waals surface area contributed by atoms with Gasteiger partial charge in [0, 0.05) is 11.4 Å². The van der Waals surface area contributed by atoms with E-state index in [1.54, 1.807) is 7.11 Å². The highest BCUT2D eigenvalue weighted by Crippen LogP contribution is 2.28. The van der Waals surface area contributed by atoms with Gasteiger partial charge in [0.2, 0.25) is 0 Å². The molecule has 4 heteroatoms. The van der Waals surface area contributed by atoms with Gasteiger partial charge in [-0.2, -0.15) is 0 Å². The van der Waals surface area contributed by atoms with Crippen molar-refractivity contribution in [3.05, 3.63) is 52.0 Å². The summed E-state index contributed by atoms with van der Waals surface area (Å²) in [6.07, 6.45) is 0.790. The Morgan fingerprint density at radius 2 is 1.52 bits per heavy atom. The molecule has 0 fully saturated rings. The van der Waals surface area contributed by atoms with Crippen LogP contribution >= 0.6 is 11.6 Å². The number of methoxy groups -OCH3 is 1. The molecule has 0 N–H and O–H groups in total. The number of hydrogen-bond donors (Lipinski definition) is 0. The third-order valence-corrected chi connectivity index (χ3v) is 3.99. The molecule has 0 bridgehead atoms. The first-order valence-corrected chi connectivity index (χ1v) is 8.06. The molecule has 23 heavy (non-hydrogen) atoms. The molecule has 2 rings (SSSR count). The second-order valence-corrected chi connectivity index (χ2v) is 5.98. The van der Waals surface area contributed by atoms with Gasteiger partial charge in [0.1, 0.15) is 5.75 Å². The maximum atomic E-state index is 6.09. The van der Waals surface area contributed by atoms with Crippen molar-refractivity contribution in [2.45, 2.75) is 27.2 Å². The van der Waals surface area contributed by atoms with Gasteiger partial charge >= 0.3 is 0 Å². The number of benzene rings is 2. The van der Waals surface area contributed by atoms with Gasteiger partial charge in [-0.3, -0.25) is 0 Å². The maximum absolute atomic E-state index is 6.09. The molecule has 2 aromatic rings. The van der Waals surface area contributed by atoms with Gasteiger partial charge in [-0.25, -0.2) is 0 Å². The number of aryl methyl sites for hydroxylation is 3. The van der Waals surface area contributed by atoms with Gasteiger partial charge in [-0.1, -0.05) is 17.7 Å². The Labute approximate surface area is 143 Å². The molecule has 0 unspecified atom stereocenters. The Bertz CT molecular complexity index is 668. The predicted octanol–water partition coefficient (Wildman–Crippen LogP) is 5.12. The average molecular weight is 335 g/mol. The van der Waals surface area contributed by atoms with Crippen molar-refractivity contribution in [3.8, 4) is 17.2 Å². The van der Waals surface area contributed by atoms with Gasteiger partial charge in [-0.15, -0.1) is 0 Å². The lowest BCUT2D eigenvalue weighted by Crippen LogP contribution is -2.06. The Kier molecular flexibility index (Phi) is 6.17. The van der Waals surface area contributed by atoms with E-state index in [4.69, 9.17) is 25.8 Å². The molecule has 0 aliphatic heterocycles. The summed E-state index contributed by atoms with van der Waals surface area (Å²) in [5.41, 5.74) is 3.21. The summed E-state index contributed by atoms with van der Waals surface area (Å²) >= 11 is 6.09. The van der Waals surface area contributed by atoms with Gasteiger partial charge in [0.15, 0.2) is 11.5 Å². The minimum atomic E-state index is 0.574. The van der Waals surface area contributed by atoms with E-state index in [1.807, 2.05) is 51.1 Å². The predicted molar refractivity (Wildman–Crippen MR) is 94.3 cm³/mol. The van der Waals surface area contributed by atoms with Crippen LogP contribution in [0.2, 0.25) is 5.02 Å². The highest BCUT2D eigenvalue weighted by Gasteiger charge is 2.06. The van der Waals surface area contributed by atoms with E-state index in [2.05, 4.69) is 0 Å². The van der Waals surface area contributed by atoms with E-state index < -0.39 is 0 Å². The lowest BCUT2D eigenvalue weighted by molar-refractivity contribution is 0.239. The van der Waals surface area contributed by atoms with Crippen molar-refractivity contribution in [3.63, 3.8) is 0 Å². The fourth-order valence-electron chi connectivity index (χ4n) is 2.23. The van der Waals surface area contributed by atoms with E-state index in [0.717, 1.165) is 45.4 Å². The highest BCUT2D eigenvalue weighted by molar-refractivity contribution is 6.31. The molecule has 0 atom stereocenters. The molecule has 2 aromatic carbocycles. The SMILES string of the molecule is COc1cc(C)ccc1OCCCOc1cc(C)c(Cl)cc1C. The van der Waals surface area contributed by atoms with Crippen molar-refractivity contribution in [2.75, 3.05) is 20.3 Å². The molecular formula is C19H23ClO3. The first kappa shape index (κ1) is 17.5. The quantitative estimate of drug-likeness (QED) is 0.657. The molecule has 0 spiro atoms. The van der Waals surface area contributed by atoms with Gasteiger partial charge in [0.25, 0.3) is 0 Å². The zero-order valence-corrected chi connectivity index (χ0v) is 14.9. The fourth-order valence-corrected chi connectivity index (χ4v) is 2.45. The van der Waals surface area contributed by atoms with E-state index in [1.165, 1.54) is 0 Å². The molecule has 0 aliphatic rings. The minimum Gasteiger partial charge on any atom is -0.493 e. The van der Waals surface area contributed by atoms with Crippen molar-refractivity contribution in [2.24, 2.45) is 0 Å². The van der Waals surface area contributed by atoms with Crippen LogP contribution in [-0.4, -0.2) is 20.3 Å². The van der Waals surface area contributed by atoms with Crippen LogP contribution < -0.4 is 14.2 Å². The lowest BCUT2D eigenvalue weighted by Gasteiger charge is -2.13. The van der Waals surface area contributed by atoms with E-state index >= 15 is 0 Å². The summed E-state index contributed by atoms with van der Waals surface area (Å²) < 4.78 is 16.9. The van der Waals surface area contributed by atoms with Crippen LogP contribution in [0.5, 0.6) is 17.2 Å². The van der Waals surface area contributed by atoms with Crippen LogP contribution in [-0.2, 0) is 0 Å². The third-order valence-electron chi connectivity index (χ3n) is 3.58. The number of halogens is 1. The Morgan fingerprint density at radius 1 is 0.826 bits per heavy atom. The summed E-state index contributed by atoms with van der Waals surface area (Å²) in [5, 5.41) is 0.768. The Balaban J connectivity index is 1.81. The summed E-state index contributed by atoms with van der Waals surface area (Å²) in [5.74, 6) is 2.39. The molecule has 0 amide bonds. The largest absolute Gasteiger partial charge is 0.493 e. The molecule has 0 heterocycles. The molecule has 0 saturated heterocycles.